The van der Waals surface area contributed by atoms with Crippen LogP contribution in [-0.2, 0) is 38.5 Å². The lowest BCUT2D eigenvalue weighted by molar-refractivity contribution is -0.143. The number of ketones is 2. The van der Waals surface area contributed by atoms with Crippen LogP contribution in [-0.4, -0.2) is 45.1 Å². The number of benzene rings is 1. The second-order valence-electron chi connectivity index (χ2n) is 12.9. The molecule has 0 aromatic heterocycles. The Morgan fingerprint density at radius 3 is 1.42 bits per heavy atom. The van der Waals surface area contributed by atoms with Crippen LogP contribution >= 0.6 is 0 Å². The maximum atomic E-state index is 13.7. The molecule has 1 aromatic carbocycles. The van der Waals surface area contributed by atoms with Crippen LogP contribution in [0.4, 0.5) is 0 Å². The molecule has 0 unspecified atom stereocenters. The van der Waals surface area contributed by atoms with E-state index in [0.717, 1.165) is 50.5 Å². The lowest BCUT2D eigenvalue weighted by Gasteiger charge is -2.18. The second-order valence-corrected chi connectivity index (χ2v) is 14.8. The van der Waals surface area contributed by atoms with Gasteiger partial charge in [0.25, 0.3) is 0 Å². The predicted molar refractivity (Wildman–Crippen MR) is 189 cm³/mol. The first kappa shape index (κ1) is 41.1. The van der Waals surface area contributed by atoms with Crippen LogP contribution in [0.5, 0.6) is 0 Å². The Morgan fingerprint density at radius 2 is 0.979 bits per heavy atom. The van der Waals surface area contributed by atoms with Gasteiger partial charge in [-0.05, 0) is 31.9 Å². The zero-order chi connectivity index (χ0) is 35.2. The van der Waals surface area contributed by atoms with E-state index in [1.54, 1.807) is 19.1 Å². The number of Topliss-reactive ketones (excluding diaryl/α,β-unsaturated/α-hetero) is 1. The summed E-state index contributed by atoms with van der Waals surface area (Å²) in [5.41, 5.74) is -0.802. The minimum absolute atomic E-state index is 0.0182. The third-order valence-corrected chi connectivity index (χ3v) is 10.5. The van der Waals surface area contributed by atoms with Gasteiger partial charge in [0.1, 0.15) is 16.1 Å². The molecule has 1 aliphatic carbocycles. The number of hydrogen-bond acceptors (Lipinski definition) is 8. The molecule has 0 N–H and O–H groups in total. The predicted octanol–water partition coefficient (Wildman–Crippen LogP) is 9.03. The number of unbranched alkanes of at least 4 members (excludes halogenated alkanes) is 18. The lowest BCUT2D eigenvalue weighted by Crippen LogP contribution is -2.32. The lowest BCUT2D eigenvalue weighted by atomic mass is 9.96. The number of aryl methyl sites for hydroxylation is 1. The number of carbonyl (C=O) groups is 4. The van der Waals surface area contributed by atoms with Gasteiger partial charge < -0.3 is 9.47 Å². The van der Waals surface area contributed by atoms with E-state index in [4.69, 9.17) is 9.47 Å². The van der Waals surface area contributed by atoms with E-state index < -0.39 is 49.4 Å². The molecule has 0 spiro atoms. The zero-order valence-electron chi connectivity index (χ0n) is 29.6. The average Bonchev–Trinajstić information content (AvgIpc) is 3.06. The van der Waals surface area contributed by atoms with E-state index in [2.05, 4.69) is 13.8 Å². The van der Waals surface area contributed by atoms with Gasteiger partial charge in [-0.3, -0.25) is 9.59 Å². The van der Waals surface area contributed by atoms with E-state index in [9.17, 15) is 27.6 Å². The first-order valence-electron chi connectivity index (χ1n) is 18.4. The summed E-state index contributed by atoms with van der Waals surface area (Å²) in [5.74, 6) is -4.59. The molecule has 8 nitrogen and oxygen atoms in total. The summed E-state index contributed by atoms with van der Waals surface area (Å²) in [5, 5.41) is 0. The van der Waals surface area contributed by atoms with Crippen LogP contribution in [0.15, 0.2) is 51.3 Å². The molecule has 0 aliphatic heterocycles. The Hall–Kier alpha value is -3.07. The fourth-order valence-electron chi connectivity index (χ4n) is 5.71. The maximum absolute atomic E-state index is 13.7. The molecule has 0 amide bonds. The maximum Gasteiger partial charge on any atom is 0.343 e. The number of rotatable bonds is 26. The van der Waals surface area contributed by atoms with Crippen LogP contribution < -0.4 is 0 Å². The van der Waals surface area contributed by atoms with Crippen molar-refractivity contribution in [3.63, 3.8) is 0 Å². The van der Waals surface area contributed by atoms with Gasteiger partial charge in [-0.25, -0.2) is 18.0 Å². The highest BCUT2D eigenvalue weighted by molar-refractivity contribution is 7.96. The van der Waals surface area contributed by atoms with Crippen LogP contribution in [0, 0.1) is 6.92 Å². The molecule has 0 radical (unpaired) electrons. The first-order valence-corrected chi connectivity index (χ1v) is 19.8. The summed E-state index contributed by atoms with van der Waals surface area (Å²) in [4.78, 5) is 51.6. The number of esters is 2. The van der Waals surface area contributed by atoms with Gasteiger partial charge in [0, 0.05) is 6.08 Å². The SMILES string of the molecule is CCCCCCCCCCCCOC(=O)C1=CC(=O)C(C(=O)OCCCCCCCCCCCC)=C(S(=O)(=O)c2ccc(C)cc2)C1=O. The molecule has 2 rings (SSSR count). The fraction of sp³-hybridized carbons (Fsp3) is 0.641. The topological polar surface area (TPSA) is 121 Å². The van der Waals surface area contributed by atoms with Gasteiger partial charge in [0.2, 0.25) is 15.6 Å². The summed E-state index contributed by atoms with van der Waals surface area (Å²) in [7, 11) is -4.66. The van der Waals surface area contributed by atoms with Crippen LogP contribution in [0.25, 0.3) is 0 Å². The number of hydrogen-bond donors (Lipinski definition) is 0. The normalized spacial score (nSPS) is 13.5. The number of allylic oxidation sites excluding steroid dienone is 2. The summed E-state index contributed by atoms with van der Waals surface area (Å²) >= 11 is 0. The molecule has 0 atom stereocenters. The van der Waals surface area contributed by atoms with E-state index in [0.29, 0.717) is 18.9 Å². The van der Waals surface area contributed by atoms with Crippen LogP contribution in [0.2, 0.25) is 0 Å². The Kier molecular flexibility index (Phi) is 20.0. The second kappa shape index (κ2) is 23.3. The van der Waals surface area contributed by atoms with Crippen molar-refractivity contribution in [2.24, 2.45) is 0 Å². The minimum atomic E-state index is -4.66. The van der Waals surface area contributed by atoms with E-state index in [1.807, 2.05) is 0 Å². The molecule has 48 heavy (non-hydrogen) atoms. The van der Waals surface area contributed by atoms with Gasteiger partial charge in [0.15, 0.2) is 5.78 Å². The van der Waals surface area contributed by atoms with Crippen molar-refractivity contribution in [3.05, 3.63) is 52.0 Å². The number of carbonyl (C=O) groups excluding carboxylic acids is 4. The van der Waals surface area contributed by atoms with E-state index >= 15 is 0 Å². The largest absolute Gasteiger partial charge is 0.462 e. The third-order valence-electron chi connectivity index (χ3n) is 8.69. The van der Waals surface area contributed by atoms with Crippen molar-refractivity contribution in [3.8, 4) is 0 Å². The van der Waals surface area contributed by atoms with Gasteiger partial charge >= 0.3 is 11.9 Å². The van der Waals surface area contributed by atoms with Crippen molar-refractivity contribution in [1.82, 2.24) is 0 Å². The molecule has 1 aliphatic rings. The number of sulfone groups is 1. The molecule has 0 fully saturated rings. The van der Waals surface area contributed by atoms with E-state index in [1.165, 1.54) is 82.8 Å². The summed E-state index contributed by atoms with van der Waals surface area (Å²) in [6, 6.07) is 5.68. The van der Waals surface area contributed by atoms with Gasteiger partial charge in [0.05, 0.1) is 18.1 Å². The molecule has 1 aromatic rings. The first-order chi connectivity index (χ1) is 23.1. The van der Waals surface area contributed by atoms with Gasteiger partial charge in [-0.1, -0.05) is 147 Å². The Labute approximate surface area is 289 Å². The van der Waals surface area contributed by atoms with Crippen molar-refractivity contribution >= 4 is 33.3 Å². The third kappa shape index (κ3) is 14.2. The molecule has 9 heteroatoms. The molecule has 0 heterocycles. The van der Waals surface area contributed by atoms with Crippen LogP contribution in [0.3, 0.4) is 0 Å². The summed E-state index contributed by atoms with van der Waals surface area (Å²) in [6.07, 6.45) is 22.4. The van der Waals surface area contributed by atoms with Crippen molar-refractivity contribution in [2.45, 2.75) is 154 Å². The minimum Gasteiger partial charge on any atom is -0.462 e. The summed E-state index contributed by atoms with van der Waals surface area (Å²) in [6.45, 7) is 6.18. The molecule has 0 saturated heterocycles. The molecular weight excluding hydrogens is 628 g/mol. The van der Waals surface area contributed by atoms with Crippen LogP contribution in [0.1, 0.15) is 148 Å². The van der Waals surface area contributed by atoms with Crippen molar-refractivity contribution in [2.75, 3.05) is 13.2 Å². The standard InChI is InChI=1S/C39H58O8S/c1-4-6-8-10-12-14-16-18-20-22-28-46-38(42)33-30-34(40)35(37(36(33)41)48(44,45)32-26-24-31(3)25-27-32)39(43)47-29-23-21-19-17-15-13-11-9-7-5-2/h24-27,30H,4-23,28-29H2,1-3H3. The summed E-state index contributed by atoms with van der Waals surface area (Å²) < 4.78 is 38.1. The zero-order valence-corrected chi connectivity index (χ0v) is 30.4. The number of ether oxygens (including phenoxy) is 2. The van der Waals surface area contributed by atoms with E-state index in [-0.39, 0.29) is 18.1 Å². The quantitative estimate of drug-likeness (QED) is 0.0410. The molecular formula is C39H58O8S. The molecule has 268 valence electrons. The highest BCUT2D eigenvalue weighted by Gasteiger charge is 2.43. The van der Waals surface area contributed by atoms with Crippen molar-refractivity contribution < 1.29 is 37.1 Å². The highest BCUT2D eigenvalue weighted by Crippen LogP contribution is 2.31. The monoisotopic (exact) mass is 686 g/mol. The Bertz CT molecular complexity index is 1340. The fourth-order valence-corrected chi connectivity index (χ4v) is 7.25. The molecule has 0 saturated carbocycles. The van der Waals surface area contributed by atoms with Gasteiger partial charge in [-0.15, -0.1) is 0 Å². The highest BCUT2D eigenvalue weighted by atomic mass is 32.2. The Morgan fingerprint density at radius 1 is 0.583 bits per heavy atom. The molecule has 0 bridgehead atoms. The Balaban J connectivity index is 2.01. The van der Waals surface area contributed by atoms with Gasteiger partial charge in [-0.2, -0.15) is 0 Å². The smallest absolute Gasteiger partial charge is 0.343 e. The average molecular weight is 687 g/mol. The van der Waals surface area contributed by atoms with Crippen molar-refractivity contribution in [1.29, 1.82) is 0 Å².